The van der Waals surface area contributed by atoms with Crippen LogP contribution in [-0.2, 0) is 20.8 Å². The topological polar surface area (TPSA) is 133 Å². The van der Waals surface area contributed by atoms with Crippen LogP contribution in [-0.4, -0.2) is 44.6 Å². The van der Waals surface area contributed by atoms with E-state index in [0.717, 1.165) is 10.4 Å². The third-order valence-corrected chi connectivity index (χ3v) is 6.15. The molecule has 3 aromatic rings. The van der Waals surface area contributed by atoms with E-state index >= 15 is 0 Å². The van der Waals surface area contributed by atoms with Crippen LogP contribution in [0, 0.1) is 0 Å². The van der Waals surface area contributed by atoms with Crippen molar-refractivity contribution in [1.29, 1.82) is 0 Å². The number of carbonyl (C=O) groups excluding carboxylic acids is 3. The number of carbonyl (C=O) groups is 3. The summed E-state index contributed by atoms with van der Waals surface area (Å²) in [4.78, 5) is 38.6. The highest BCUT2D eigenvalue weighted by Crippen LogP contribution is 2.46. The van der Waals surface area contributed by atoms with Gasteiger partial charge in [-0.1, -0.05) is 35.9 Å². The first kappa shape index (κ1) is 24.4. The van der Waals surface area contributed by atoms with Gasteiger partial charge >= 0.3 is 5.97 Å². The summed E-state index contributed by atoms with van der Waals surface area (Å²) < 4.78 is 35.7. The molecular formula is C24H17ClNO8S-. The van der Waals surface area contributed by atoms with Crippen molar-refractivity contribution in [2.45, 2.75) is 6.92 Å². The Labute approximate surface area is 207 Å². The number of fused-ring (bicyclic) bond motifs is 2. The molecule has 11 heteroatoms. The fourth-order valence-electron chi connectivity index (χ4n) is 3.73. The molecule has 3 aromatic carbocycles. The Kier molecular flexibility index (Phi) is 6.88. The average Bonchev–Trinajstić information content (AvgIpc) is 2.83. The summed E-state index contributed by atoms with van der Waals surface area (Å²) in [5.74, 6) is -3.20. The lowest BCUT2D eigenvalue weighted by molar-refractivity contribution is -0.145. The van der Waals surface area contributed by atoms with Crippen LogP contribution in [0.15, 0.2) is 54.6 Å². The van der Waals surface area contributed by atoms with Crippen LogP contribution in [0.4, 0.5) is 11.4 Å². The zero-order valence-electron chi connectivity index (χ0n) is 18.1. The van der Waals surface area contributed by atoms with E-state index in [-0.39, 0.29) is 40.4 Å². The molecule has 0 saturated heterocycles. The van der Waals surface area contributed by atoms with Crippen LogP contribution < -0.4 is 9.04 Å². The second kappa shape index (κ2) is 9.87. The Morgan fingerprint density at radius 2 is 1.66 bits per heavy atom. The molecular weight excluding hydrogens is 498 g/mol. The third-order valence-electron chi connectivity index (χ3n) is 5.19. The number of hydrogen-bond donors (Lipinski definition) is 1. The molecule has 180 valence electrons. The molecule has 0 aliphatic heterocycles. The van der Waals surface area contributed by atoms with Crippen molar-refractivity contribution in [3.05, 3.63) is 81.9 Å². The number of aromatic hydroxyl groups is 1. The molecule has 4 rings (SSSR count). The van der Waals surface area contributed by atoms with Gasteiger partial charge < -0.3 is 19.1 Å². The number of anilines is 2. The molecule has 0 bridgehead atoms. The molecule has 0 radical (unpaired) electrons. The minimum absolute atomic E-state index is 0.0371. The quantitative estimate of drug-likeness (QED) is 0.291. The van der Waals surface area contributed by atoms with Crippen molar-refractivity contribution in [2.75, 3.05) is 17.5 Å². The molecule has 1 aliphatic rings. The van der Waals surface area contributed by atoms with Gasteiger partial charge in [0.05, 0.1) is 40.4 Å². The molecule has 0 saturated carbocycles. The Bertz CT molecular complexity index is 1370. The Hall–Kier alpha value is -3.73. The number of benzene rings is 3. The van der Waals surface area contributed by atoms with Crippen molar-refractivity contribution >= 4 is 51.8 Å². The summed E-state index contributed by atoms with van der Waals surface area (Å²) in [5.41, 5.74) is -0.816. The Morgan fingerprint density at radius 1 is 1.06 bits per heavy atom. The molecule has 0 fully saturated rings. The first-order valence-electron chi connectivity index (χ1n) is 10.3. The van der Waals surface area contributed by atoms with Gasteiger partial charge in [-0.25, -0.2) is 4.79 Å². The van der Waals surface area contributed by atoms with Crippen LogP contribution in [0.25, 0.3) is 0 Å². The minimum Gasteiger partial charge on any atom is -0.755 e. The van der Waals surface area contributed by atoms with E-state index < -0.39 is 46.7 Å². The van der Waals surface area contributed by atoms with Crippen molar-refractivity contribution < 1.29 is 37.7 Å². The number of nitrogens with zero attached hydrogens (tertiary/aromatic N) is 1. The van der Waals surface area contributed by atoms with E-state index in [1.807, 2.05) is 0 Å². The summed E-state index contributed by atoms with van der Waals surface area (Å²) in [5, 5.41) is 11.2. The van der Waals surface area contributed by atoms with Crippen molar-refractivity contribution in [1.82, 2.24) is 0 Å². The molecule has 35 heavy (non-hydrogen) atoms. The first-order valence-corrected chi connectivity index (χ1v) is 11.7. The Balaban J connectivity index is 1.97. The second-order valence-corrected chi connectivity index (χ2v) is 8.51. The van der Waals surface area contributed by atoms with Crippen molar-refractivity contribution in [3.63, 3.8) is 0 Å². The summed E-state index contributed by atoms with van der Waals surface area (Å²) in [6.07, 6.45) is 0. The first-order chi connectivity index (χ1) is 16.7. The number of phenols is 1. The van der Waals surface area contributed by atoms with Gasteiger partial charge in [0.15, 0.2) is 29.7 Å². The molecule has 1 N–H and O–H groups in total. The van der Waals surface area contributed by atoms with Crippen LogP contribution in [0.3, 0.4) is 0 Å². The summed E-state index contributed by atoms with van der Waals surface area (Å²) in [6.45, 7) is 1.06. The van der Waals surface area contributed by atoms with E-state index in [9.17, 15) is 28.3 Å². The second-order valence-electron chi connectivity index (χ2n) is 7.28. The monoisotopic (exact) mass is 514 g/mol. The number of phenolic OH excluding ortho intramolecular Hbond substituents is 1. The van der Waals surface area contributed by atoms with E-state index in [2.05, 4.69) is 0 Å². The molecule has 1 unspecified atom stereocenters. The third kappa shape index (κ3) is 4.51. The Morgan fingerprint density at radius 3 is 2.23 bits per heavy atom. The van der Waals surface area contributed by atoms with Gasteiger partial charge in [0, 0.05) is 22.2 Å². The van der Waals surface area contributed by atoms with Crippen LogP contribution in [0.5, 0.6) is 11.5 Å². The van der Waals surface area contributed by atoms with Gasteiger partial charge in [0.1, 0.15) is 0 Å². The predicted molar refractivity (Wildman–Crippen MR) is 126 cm³/mol. The zero-order valence-corrected chi connectivity index (χ0v) is 19.7. The smallest absolute Gasteiger partial charge is 0.344 e. The van der Waals surface area contributed by atoms with Gasteiger partial charge in [-0.15, -0.1) is 0 Å². The van der Waals surface area contributed by atoms with Crippen LogP contribution in [0.2, 0.25) is 5.02 Å². The lowest BCUT2D eigenvalue weighted by Gasteiger charge is -2.31. The van der Waals surface area contributed by atoms with E-state index in [1.165, 1.54) is 36.4 Å². The number of esters is 1. The molecule has 1 aliphatic carbocycles. The van der Waals surface area contributed by atoms with E-state index in [4.69, 9.17) is 21.1 Å². The standard InChI is InChI=1S/C24H18ClNO8S/c1-2-33-19(27)12-34-18-11-17(26(35(31)32)14-9-7-13(25)8-10-14)20-21(24(18)30)23(29)16-6-4-3-5-15(16)22(20)28/h3-11,30H,2,12H2,1H3,(H,31,32)/p-1. The number of ketones is 2. The van der Waals surface area contributed by atoms with E-state index in [0.29, 0.717) is 5.02 Å². The predicted octanol–water partition coefficient (Wildman–Crippen LogP) is 3.70. The maximum atomic E-state index is 13.5. The zero-order chi connectivity index (χ0) is 25.3. The van der Waals surface area contributed by atoms with Gasteiger partial charge in [-0.3, -0.25) is 18.1 Å². The average molecular weight is 515 g/mol. The SMILES string of the molecule is CCOC(=O)COc1cc(N(c2ccc(Cl)cc2)S(=O)[O-])c2c(c1O)C(=O)c1ccccc1C2=O. The molecule has 0 amide bonds. The highest BCUT2D eigenvalue weighted by atomic mass is 35.5. The lowest BCUT2D eigenvalue weighted by Crippen LogP contribution is -2.28. The lowest BCUT2D eigenvalue weighted by atomic mass is 9.82. The van der Waals surface area contributed by atoms with Gasteiger partial charge in [0.25, 0.3) is 0 Å². The van der Waals surface area contributed by atoms with Gasteiger partial charge in [-0.2, -0.15) is 0 Å². The van der Waals surface area contributed by atoms with Gasteiger partial charge in [-0.05, 0) is 31.2 Å². The van der Waals surface area contributed by atoms with E-state index in [1.54, 1.807) is 19.1 Å². The van der Waals surface area contributed by atoms with Crippen molar-refractivity contribution in [2.24, 2.45) is 0 Å². The highest BCUT2D eigenvalue weighted by Gasteiger charge is 2.37. The highest BCUT2D eigenvalue weighted by molar-refractivity contribution is 7.81. The number of hydrogen-bond acceptors (Lipinski definition) is 8. The van der Waals surface area contributed by atoms with Gasteiger partial charge in [0.2, 0.25) is 0 Å². The maximum Gasteiger partial charge on any atom is 0.344 e. The summed E-state index contributed by atoms with van der Waals surface area (Å²) in [7, 11) is 0. The number of rotatable bonds is 7. The molecule has 0 aromatic heterocycles. The number of halogens is 1. The minimum atomic E-state index is -2.98. The fraction of sp³-hybridized carbons (Fsp3) is 0.125. The number of ether oxygens (including phenoxy) is 2. The van der Waals surface area contributed by atoms with Crippen LogP contribution in [0.1, 0.15) is 38.8 Å². The molecule has 1 atom stereocenters. The molecule has 0 heterocycles. The van der Waals surface area contributed by atoms with Crippen LogP contribution >= 0.6 is 11.6 Å². The summed E-state index contributed by atoms with van der Waals surface area (Å²) in [6, 6.07) is 12.8. The molecule has 0 spiro atoms. The maximum absolute atomic E-state index is 13.5. The largest absolute Gasteiger partial charge is 0.755 e. The summed E-state index contributed by atoms with van der Waals surface area (Å²) >= 11 is 2.95. The molecule has 9 nitrogen and oxygen atoms in total. The van der Waals surface area contributed by atoms with Crippen molar-refractivity contribution in [3.8, 4) is 11.5 Å². The fourth-order valence-corrected chi connectivity index (χ4v) is 4.45. The normalized spacial score (nSPS) is 13.0.